The van der Waals surface area contributed by atoms with E-state index in [0.29, 0.717) is 27.4 Å². The van der Waals surface area contributed by atoms with Gasteiger partial charge in [-0.25, -0.2) is 0 Å². The fraction of sp³-hybridized carbons (Fsp3) is 0.500. The Hall–Kier alpha value is -1.33. The van der Waals surface area contributed by atoms with Crippen molar-refractivity contribution in [2.45, 2.75) is 18.9 Å². The van der Waals surface area contributed by atoms with Crippen LogP contribution in [0.15, 0.2) is 42.7 Å². The fourth-order valence-electron chi connectivity index (χ4n) is 5.35. The van der Waals surface area contributed by atoms with E-state index in [2.05, 4.69) is 33.0 Å². The maximum Gasteiger partial charge on any atom is 0.0612 e. The van der Waals surface area contributed by atoms with Crippen molar-refractivity contribution in [3.63, 3.8) is 0 Å². The Morgan fingerprint density at radius 3 is 2.54 bits per heavy atom. The van der Waals surface area contributed by atoms with Crippen LogP contribution in [0, 0.1) is 11.3 Å². The first-order valence-electron chi connectivity index (χ1n) is 10.1. The third-order valence-corrected chi connectivity index (χ3v) is 7.36. The molecule has 1 atom stereocenters. The molecule has 0 N–H and O–H groups in total. The van der Waals surface area contributed by atoms with Crippen LogP contribution in [0.4, 0.5) is 5.69 Å². The molecule has 3 heterocycles. The highest BCUT2D eigenvalue weighted by atomic mass is 35.5. The second-order valence-corrected chi connectivity index (χ2v) is 9.32. The number of aromatic nitrogens is 1. The minimum absolute atomic E-state index is 0.460. The average Bonchev–Trinajstić information content (AvgIpc) is 2.66. The summed E-state index contributed by atoms with van der Waals surface area (Å²) in [6.45, 7) is 5.92. The fourth-order valence-corrected chi connectivity index (χ4v) is 5.64. The minimum atomic E-state index is 0.460. The van der Waals surface area contributed by atoms with Gasteiger partial charge in [0, 0.05) is 55.7 Å². The van der Waals surface area contributed by atoms with Gasteiger partial charge in [-0.1, -0.05) is 29.3 Å². The van der Waals surface area contributed by atoms with Gasteiger partial charge in [-0.05, 0) is 48.6 Å². The van der Waals surface area contributed by atoms with Crippen LogP contribution >= 0.6 is 23.2 Å². The van der Waals surface area contributed by atoms with E-state index in [-0.39, 0.29) is 0 Å². The van der Waals surface area contributed by atoms with Crippen molar-refractivity contribution >= 4 is 28.9 Å². The topological polar surface area (TPSA) is 28.6 Å². The molecule has 1 aromatic carbocycles. The molecule has 2 saturated heterocycles. The largest absolute Gasteiger partial charge is 0.379 e. The summed E-state index contributed by atoms with van der Waals surface area (Å²) in [5.74, 6) is 0.693. The summed E-state index contributed by atoms with van der Waals surface area (Å²) in [6.07, 6.45) is 6.47. The Balaban J connectivity index is 1.26. The van der Waals surface area contributed by atoms with E-state index >= 15 is 0 Å². The number of ether oxygens (including phenoxy) is 1. The molecule has 3 aliphatic rings. The zero-order chi connectivity index (χ0) is 19.1. The van der Waals surface area contributed by atoms with Crippen molar-refractivity contribution in [3.8, 4) is 0 Å². The van der Waals surface area contributed by atoms with E-state index in [1.807, 2.05) is 24.5 Å². The van der Waals surface area contributed by atoms with Crippen LogP contribution in [0.25, 0.3) is 0 Å². The Labute approximate surface area is 176 Å². The molecule has 3 fully saturated rings. The molecule has 0 bridgehead atoms. The quantitative estimate of drug-likeness (QED) is 0.721. The predicted molar refractivity (Wildman–Crippen MR) is 113 cm³/mol. The van der Waals surface area contributed by atoms with Crippen LogP contribution in [-0.4, -0.2) is 49.3 Å². The molecular formula is C22H25Cl2N3O. The van der Waals surface area contributed by atoms with Gasteiger partial charge in [0.05, 0.1) is 23.3 Å². The zero-order valence-corrected chi connectivity index (χ0v) is 17.4. The van der Waals surface area contributed by atoms with Gasteiger partial charge < -0.3 is 9.64 Å². The van der Waals surface area contributed by atoms with E-state index in [1.54, 1.807) is 0 Å². The van der Waals surface area contributed by atoms with Gasteiger partial charge in [-0.3, -0.25) is 9.88 Å². The monoisotopic (exact) mass is 417 g/mol. The van der Waals surface area contributed by atoms with E-state index in [4.69, 9.17) is 27.9 Å². The molecule has 148 valence electrons. The number of halogens is 2. The molecule has 0 unspecified atom stereocenters. The average molecular weight is 418 g/mol. The van der Waals surface area contributed by atoms with Crippen molar-refractivity contribution in [2.24, 2.45) is 11.3 Å². The summed E-state index contributed by atoms with van der Waals surface area (Å²) in [5.41, 5.74) is 2.99. The second-order valence-electron chi connectivity index (χ2n) is 8.50. The molecule has 0 amide bonds. The Morgan fingerprint density at radius 2 is 1.86 bits per heavy atom. The van der Waals surface area contributed by atoms with Gasteiger partial charge >= 0.3 is 0 Å². The second kappa shape index (κ2) is 7.49. The highest BCUT2D eigenvalue weighted by molar-refractivity contribution is 6.42. The lowest BCUT2D eigenvalue weighted by molar-refractivity contribution is -0.0593. The number of pyridine rings is 1. The molecule has 6 heteroatoms. The Bertz CT molecular complexity index is 827. The van der Waals surface area contributed by atoms with Gasteiger partial charge in [0.2, 0.25) is 0 Å². The smallest absolute Gasteiger partial charge is 0.0612 e. The predicted octanol–water partition coefficient (Wildman–Crippen LogP) is 4.68. The van der Waals surface area contributed by atoms with Crippen molar-refractivity contribution in [2.75, 3.05) is 44.3 Å². The number of nitrogens with zero attached hydrogens (tertiary/aromatic N) is 3. The third-order valence-electron chi connectivity index (χ3n) is 6.62. The van der Waals surface area contributed by atoms with Crippen molar-refractivity contribution in [3.05, 3.63) is 58.3 Å². The first-order valence-corrected chi connectivity index (χ1v) is 10.8. The van der Waals surface area contributed by atoms with Crippen LogP contribution in [0.3, 0.4) is 0 Å². The number of benzene rings is 1. The number of rotatable bonds is 4. The first kappa shape index (κ1) is 18.7. The Morgan fingerprint density at radius 1 is 1.07 bits per heavy atom. The van der Waals surface area contributed by atoms with E-state index in [0.717, 1.165) is 39.4 Å². The highest BCUT2D eigenvalue weighted by Gasteiger charge is 2.55. The maximum absolute atomic E-state index is 6.20. The lowest BCUT2D eigenvalue weighted by atomic mass is 9.55. The number of anilines is 1. The van der Waals surface area contributed by atoms with Crippen LogP contribution in [0.5, 0.6) is 0 Å². The highest BCUT2D eigenvalue weighted by Crippen LogP contribution is 2.57. The minimum Gasteiger partial charge on any atom is -0.379 e. The summed E-state index contributed by atoms with van der Waals surface area (Å²) in [6, 6.07) is 10.7. The van der Waals surface area contributed by atoms with Crippen LogP contribution < -0.4 is 4.90 Å². The van der Waals surface area contributed by atoms with E-state index in [1.165, 1.54) is 24.1 Å². The zero-order valence-electron chi connectivity index (χ0n) is 15.9. The van der Waals surface area contributed by atoms with Gasteiger partial charge in [0.1, 0.15) is 0 Å². The summed E-state index contributed by atoms with van der Waals surface area (Å²) in [4.78, 5) is 9.42. The molecule has 1 saturated carbocycles. The standard InChI is InChI=1S/C22H25Cl2N3O/c23-19-4-3-18(10-20(19)24)27-14-22(15-27)11-17(12-22)21(16-2-1-5-25-13-16)26-6-8-28-9-7-26/h1-5,10,13,17,21H,6-9,11-12,14-15H2/t21-/m0/s1. The Kier molecular flexibility index (Phi) is 5.00. The molecule has 1 aromatic heterocycles. The summed E-state index contributed by atoms with van der Waals surface area (Å²) in [5, 5.41) is 1.25. The molecular weight excluding hydrogens is 393 g/mol. The van der Waals surface area contributed by atoms with Crippen molar-refractivity contribution < 1.29 is 4.74 Å². The molecule has 2 aromatic rings. The van der Waals surface area contributed by atoms with Gasteiger partial charge in [0.25, 0.3) is 0 Å². The maximum atomic E-state index is 6.20. The molecule has 4 nitrogen and oxygen atoms in total. The summed E-state index contributed by atoms with van der Waals surface area (Å²) < 4.78 is 5.59. The summed E-state index contributed by atoms with van der Waals surface area (Å²) >= 11 is 12.3. The molecule has 0 radical (unpaired) electrons. The normalized spacial score (nSPS) is 23.3. The van der Waals surface area contributed by atoms with Crippen LogP contribution in [0.1, 0.15) is 24.4 Å². The van der Waals surface area contributed by atoms with Gasteiger partial charge in [0.15, 0.2) is 0 Å². The van der Waals surface area contributed by atoms with Crippen molar-refractivity contribution in [1.29, 1.82) is 0 Å². The summed E-state index contributed by atoms with van der Waals surface area (Å²) in [7, 11) is 0. The third kappa shape index (κ3) is 3.41. The molecule has 5 rings (SSSR count). The lowest BCUT2D eigenvalue weighted by Crippen LogP contribution is -2.64. The van der Waals surface area contributed by atoms with Gasteiger partial charge in [-0.2, -0.15) is 0 Å². The van der Waals surface area contributed by atoms with Crippen molar-refractivity contribution in [1.82, 2.24) is 9.88 Å². The van der Waals surface area contributed by atoms with Crippen LogP contribution in [-0.2, 0) is 4.74 Å². The van der Waals surface area contributed by atoms with Crippen LogP contribution in [0.2, 0.25) is 10.0 Å². The lowest BCUT2D eigenvalue weighted by Gasteiger charge is -2.62. The van der Waals surface area contributed by atoms with E-state index < -0.39 is 0 Å². The molecule has 1 spiro atoms. The molecule has 2 aliphatic heterocycles. The number of hydrogen-bond donors (Lipinski definition) is 0. The SMILES string of the molecule is Clc1ccc(N2CC3(CC([C@H](c4cccnc4)N4CCOCC4)C3)C2)cc1Cl. The molecule has 1 aliphatic carbocycles. The number of morpholine rings is 1. The van der Waals surface area contributed by atoms with E-state index in [9.17, 15) is 0 Å². The molecule has 28 heavy (non-hydrogen) atoms. The number of hydrogen-bond acceptors (Lipinski definition) is 4. The first-order chi connectivity index (χ1) is 13.6. The van der Waals surface area contributed by atoms with Gasteiger partial charge in [-0.15, -0.1) is 0 Å².